The lowest BCUT2D eigenvalue weighted by Crippen LogP contribution is -2.14. The molecule has 0 amide bonds. The minimum atomic E-state index is -0.0788. The molecule has 1 N–H and O–H groups in total. The van der Waals surface area contributed by atoms with Crippen LogP contribution in [-0.4, -0.2) is 9.97 Å². The Bertz CT molecular complexity index is 529. The van der Waals surface area contributed by atoms with Crippen molar-refractivity contribution in [1.82, 2.24) is 9.97 Å². The average molecular weight is 214 g/mol. The summed E-state index contributed by atoms with van der Waals surface area (Å²) in [6.45, 7) is 4.00. The number of nitrogens with zero attached hydrogens (tertiary/aromatic N) is 1. The van der Waals surface area contributed by atoms with Gasteiger partial charge in [0, 0.05) is 12.1 Å². The van der Waals surface area contributed by atoms with Crippen LogP contribution in [0.1, 0.15) is 25.6 Å². The lowest BCUT2D eigenvalue weighted by atomic mass is 10.1. The molecule has 0 aliphatic carbocycles. The Hall–Kier alpha value is -1.90. The van der Waals surface area contributed by atoms with Crippen molar-refractivity contribution in [1.29, 1.82) is 0 Å². The number of aromatic nitrogens is 2. The van der Waals surface area contributed by atoms with Crippen LogP contribution in [0.25, 0.3) is 11.1 Å². The van der Waals surface area contributed by atoms with Crippen LogP contribution in [0.15, 0.2) is 41.3 Å². The summed E-state index contributed by atoms with van der Waals surface area (Å²) in [6.07, 6.45) is 1.64. The molecule has 0 saturated carbocycles. The normalized spacial score (nSPS) is 10.7. The fourth-order valence-electron chi connectivity index (χ4n) is 1.53. The van der Waals surface area contributed by atoms with Gasteiger partial charge in [0.05, 0.1) is 5.56 Å². The Morgan fingerprint density at radius 1 is 1.19 bits per heavy atom. The minimum absolute atomic E-state index is 0.0788. The molecule has 1 heterocycles. The summed E-state index contributed by atoms with van der Waals surface area (Å²) in [5.41, 5.74) is 1.43. The van der Waals surface area contributed by atoms with Crippen molar-refractivity contribution < 1.29 is 0 Å². The molecule has 0 spiro atoms. The number of nitrogens with one attached hydrogen (secondary N) is 1. The topological polar surface area (TPSA) is 45.8 Å². The second-order valence-corrected chi connectivity index (χ2v) is 4.03. The predicted molar refractivity (Wildman–Crippen MR) is 64.4 cm³/mol. The zero-order chi connectivity index (χ0) is 11.5. The fourth-order valence-corrected chi connectivity index (χ4v) is 1.53. The van der Waals surface area contributed by atoms with E-state index < -0.39 is 0 Å². The van der Waals surface area contributed by atoms with Crippen LogP contribution in [0, 0.1) is 0 Å². The van der Waals surface area contributed by atoms with Gasteiger partial charge in [0.1, 0.15) is 5.82 Å². The monoisotopic (exact) mass is 214 g/mol. The van der Waals surface area contributed by atoms with Crippen molar-refractivity contribution in [2.24, 2.45) is 0 Å². The Labute approximate surface area is 94.2 Å². The summed E-state index contributed by atoms with van der Waals surface area (Å²) in [5, 5.41) is 0. The number of hydrogen-bond donors (Lipinski definition) is 1. The highest BCUT2D eigenvalue weighted by atomic mass is 16.1. The Morgan fingerprint density at radius 2 is 1.88 bits per heavy atom. The quantitative estimate of drug-likeness (QED) is 0.835. The first-order chi connectivity index (χ1) is 7.68. The van der Waals surface area contributed by atoms with Crippen molar-refractivity contribution in [3.8, 4) is 11.1 Å². The van der Waals surface area contributed by atoms with E-state index in [1.807, 2.05) is 44.2 Å². The summed E-state index contributed by atoms with van der Waals surface area (Å²) in [4.78, 5) is 18.9. The summed E-state index contributed by atoms with van der Waals surface area (Å²) >= 11 is 0. The van der Waals surface area contributed by atoms with E-state index in [4.69, 9.17) is 0 Å². The van der Waals surface area contributed by atoms with Gasteiger partial charge in [-0.25, -0.2) is 4.98 Å². The van der Waals surface area contributed by atoms with Gasteiger partial charge < -0.3 is 4.98 Å². The molecule has 0 radical (unpaired) electrons. The van der Waals surface area contributed by atoms with E-state index in [9.17, 15) is 4.79 Å². The Kier molecular flexibility index (Phi) is 2.86. The third kappa shape index (κ3) is 2.03. The SMILES string of the molecule is CC(C)c1ncc(-c2ccccc2)c(=O)[nH]1. The maximum atomic E-state index is 11.8. The van der Waals surface area contributed by atoms with Gasteiger partial charge >= 0.3 is 0 Å². The largest absolute Gasteiger partial charge is 0.310 e. The van der Waals surface area contributed by atoms with Crippen LogP contribution >= 0.6 is 0 Å². The van der Waals surface area contributed by atoms with E-state index in [1.54, 1.807) is 6.20 Å². The average Bonchev–Trinajstić information content (AvgIpc) is 2.30. The van der Waals surface area contributed by atoms with Crippen LogP contribution in [-0.2, 0) is 0 Å². The molecule has 0 aliphatic rings. The van der Waals surface area contributed by atoms with Crippen LogP contribution in [0.2, 0.25) is 0 Å². The predicted octanol–water partition coefficient (Wildman–Crippen LogP) is 2.56. The lowest BCUT2D eigenvalue weighted by molar-refractivity contribution is 0.767. The van der Waals surface area contributed by atoms with Crippen LogP contribution in [0.3, 0.4) is 0 Å². The Balaban J connectivity index is 2.49. The summed E-state index contributed by atoms with van der Waals surface area (Å²) < 4.78 is 0. The molecule has 0 unspecified atom stereocenters. The Morgan fingerprint density at radius 3 is 2.44 bits per heavy atom. The van der Waals surface area contributed by atoms with Gasteiger partial charge in [-0.1, -0.05) is 44.2 Å². The molecule has 1 aromatic heterocycles. The highest BCUT2D eigenvalue weighted by Crippen LogP contribution is 2.14. The molecule has 0 atom stereocenters. The van der Waals surface area contributed by atoms with Gasteiger partial charge in [-0.15, -0.1) is 0 Å². The zero-order valence-electron chi connectivity index (χ0n) is 9.40. The summed E-state index contributed by atoms with van der Waals surface area (Å²) in [6, 6.07) is 9.55. The van der Waals surface area contributed by atoms with Crippen molar-refractivity contribution in [3.05, 3.63) is 52.7 Å². The number of rotatable bonds is 2. The second kappa shape index (κ2) is 4.31. The zero-order valence-corrected chi connectivity index (χ0v) is 9.40. The van der Waals surface area contributed by atoms with E-state index in [2.05, 4.69) is 9.97 Å². The van der Waals surface area contributed by atoms with Crippen LogP contribution < -0.4 is 5.56 Å². The third-order valence-corrected chi connectivity index (χ3v) is 2.45. The van der Waals surface area contributed by atoms with Crippen LogP contribution in [0.5, 0.6) is 0 Å². The number of benzene rings is 1. The third-order valence-electron chi connectivity index (χ3n) is 2.45. The van der Waals surface area contributed by atoms with E-state index >= 15 is 0 Å². The first kappa shape index (κ1) is 10.6. The summed E-state index contributed by atoms with van der Waals surface area (Å²) in [5.74, 6) is 0.960. The fraction of sp³-hybridized carbons (Fsp3) is 0.231. The second-order valence-electron chi connectivity index (χ2n) is 4.03. The van der Waals surface area contributed by atoms with Gasteiger partial charge in [-0.3, -0.25) is 4.79 Å². The van der Waals surface area contributed by atoms with Crippen molar-refractivity contribution >= 4 is 0 Å². The van der Waals surface area contributed by atoms with Gasteiger partial charge in [-0.05, 0) is 5.56 Å². The van der Waals surface area contributed by atoms with E-state index in [0.717, 1.165) is 11.4 Å². The van der Waals surface area contributed by atoms with E-state index in [1.165, 1.54) is 0 Å². The van der Waals surface area contributed by atoms with E-state index in [-0.39, 0.29) is 11.5 Å². The highest BCUT2D eigenvalue weighted by Gasteiger charge is 2.06. The maximum absolute atomic E-state index is 11.8. The highest BCUT2D eigenvalue weighted by molar-refractivity contribution is 5.60. The molecule has 3 heteroatoms. The molecule has 0 fully saturated rings. The van der Waals surface area contributed by atoms with Crippen molar-refractivity contribution in [2.75, 3.05) is 0 Å². The van der Waals surface area contributed by atoms with Gasteiger partial charge in [0.25, 0.3) is 5.56 Å². The summed E-state index contributed by atoms with van der Waals surface area (Å²) in [7, 11) is 0. The molecule has 2 aromatic rings. The molecule has 3 nitrogen and oxygen atoms in total. The molecule has 0 bridgehead atoms. The van der Waals surface area contributed by atoms with Crippen molar-refractivity contribution in [2.45, 2.75) is 19.8 Å². The molecule has 0 aliphatic heterocycles. The standard InChI is InChI=1S/C13H14N2O/c1-9(2)12-14-8-11(13(16)15-12)10-6-4-3-5-7-10/h3-9H,1-2H3,(H,14,15,16). The maximum Gasteiger partial charge on any atom is 0.258 e. The smallest absolute Gasteiger partial charge is 0.258 e. The first-order valence-corrected chi connectivity index (χ1v) is 5.33. The lowest BCUT2D eigenvalue weighted by Gasteiger charge is -2.05. The number of H-pyrrole nitrogens is 1. The molecule has 1 aromatic carbocycles. The minimum Gasteiger partial charge on any atom is -0.310 e. The molecular weight excluding hydrogens is 200 g/mol. The van der Waals surface area contributed by atoms with Gasteiger partial charge in [-0.2, -0.15) is 0 Å². The number of aromatic amines is 1. The molecule has 82 valence electrons. The van der Waals surface area contributed by atoms with E-state index in [0.29, 0.717) is 5.56 Å². The first-order valence-electron chi connectivity index (χ1n) is 5.33. The van der Waals surface area contributed by atoms with Gasteiger partial charge in [0.15, 0.2) is 0 Å². The molecule has 2 rings (SSSR count). The number of hydrogen-bond acceptors (Lipinski definition) is 2. The molecular formula is C13H14N2O. The van der Waals surface area contributed by atoms with Crippen LogP contribution in [0.4, 0.5) is 0 Å². The van der Waals surface area contributed by atoms with Crippen molar-refractivity contribution in [3.63, 3.8) is 0 Å². The van der Waals surface area contributed by atoms with Gasteiger partial charge in [0.2, 0.25) is 0 Å². The molecule has 16 heavy (non-hydrogen) atoms. The molecule has 0 saturated heterocycles.